The Balaban J connectivity index is 0.00000244. The van der Waals surface area contributed by atoms with E-state index in [-0.39, 0.29) is 64.7 Å². The van der Waals surface area contributed by atoms with E-state index in [1.54, 1.807) is 148 Å². The molecule has 0 aliphatic heterocycles. The van der Waals surface area contributed by atoms with Crippen molar-refractivity contribution in [2.24, 2.45) is 14.1 Å². The number of aryl methyl sites for hydroxylation is 8. The second-order valence-corrected chi connectivity index (χ2v) is 26.3. The van der Waals surface area contributed by atoms with Crippen LogP contribution in [-0.4, -0.2) is 62.2 Å². The van der Waals surface area contributed by atoms with E-state index in [1.807, 2.05) is 142 Å². The molecule has 4 aromatic heterocycles. The summed E-state index contributed by atoms with van der Waals surface area (Å²) in [6, 6.07) is 61.5. The Morgan fingerprint density at radius 2 is 0.716 bits per heavy atom. The standard InChI is InChI=1S/C85H64N12O8.2C2H6/c1-44-21-19-23-50(37-44)76(98)74-68-54-29-15-17-31-56(54)78(100)70-58(33-35-64(72(68)70)96(7)80(74)102)86-60-41-62(48(5)39-46(60)3)88-82-90-66(92-84(94-82)104-52-25-11-9-12-26-52)43-67-91-83(95-85(93-67)105-53-27-13-10-14-28-53)89-63-42-61(47(4)40-49(63)6)87-59-34-36-65-73-69(55-30-16-18-32-57(55)79(101)71(59)73)75(81(103)97(65)8)77(99)51-24-20-22-45(2)38-51;2*1-2/h9-42,86-87H,43H2,1-8H3,(H,88,90,92,94)(H,89,91,93,95);2*1-2H3. The van der Waals surface area contributed by atoms with Gasteiger partial charge in [-0.25, -0.2) is 0 Å². The van der Waals surface area contributed by atoms with Crippen LogP contribution in [0.4, 0.5) is 46.0 Å². The summed E-state index contributed by atoms with van der Waals surface area (Å²) in [7, 11) is 3.23. The maximum absolute atomic E-state index is 15.0. The molecule has 0 atom stereocenters. The number of nitrogens with one attached hydrogen (secondary N) is 4. The normalized spacial score (nSPS) is 11.5. The number of para-hydroxylation sites is 2. The van der Waals surface area contributed by atoms with E-state index in [0.717, 1.165) is 33.4 Å². The monoisotopic (exact) mass is 1440 g/mol. The molecule has 20 nitrogen and oxygen atoms in total. The average molecular weight is 1440 g/mol. The van der Waals surface area contributed by atoms with Gasteiger partial charge in [-0.05, 0) is 148 Å². The minimum Gasteiger partial charge on any atom is -0.424 e. The highest BCUT2D eigenvalue weighted by atomic mass is 16.5. The summed E-state index contributed by atoms with van der Waals surface area (Å²) in [5, 5.41) is 15.0. The number of benzene rings is 10. The van der Waals surface area contributed by atoms with Crippen LogP contribution in [0.5, 0.6) is 23.5 Å². The Labute approximate surface area is 628 Å². The number of aromatic nitrogens is 8. The highest BCUT2D eigenvalue weighted by Crippen LogP contribution is 2.47. The number of hydrogen-bond donors (Lipinski definition) is 4. The van der Waals surface area contributed by atoms with Gasteiger partial charge in [0.1, 0.15) is 23.1 Å². The molecule has 109 heavy (non-hydrogen) atoms. The van der Waals surface area contributed by atoms with Crippen molar-refractivity contribution >= 4 is 91.0 Å². The number of hydrogen-bond acceptors (Lipinski definition) is 18. The van der Waals surface area contributed by atoms with E-state index >= 15 is 9.59 Å². The molecule has 2 aliphatic rings. The Kier molecular flexibility index (Phi) is 19.8. The molecule has 10 aromatic carbocycles. The Bertz CT molecular complexity index is 5840. The molecule has 0 radical (unpaired) electrons. The number of ketones is 4. The van der Waals surface area contributed by atoms with Gasteiger partial charge in [0.05, 0.1) is 51.1 Å². The molecular weight excluding hydrogens is 1370 g/mol. The highest BCUT2D eigenvalue weighted by molar-refractivity contribution is 6.32. The van der Waals surface area contributed by atoms with Gasteiger partial charge < -0.3 is 39.9 Å². The maximum atomic E-state index is 15.0. The first-order valence-corrected chi connectivity index (χ1v) is 36.0. The third-order valence-corrected chi connectivity index (χ3v) is 19.2. The van der Waals surface area contributed by atoms with Crippen LogP contribution in [0, 0.1) is 41.5 Å². The first-order chi connectivity index (χ1) is 52.8. The van der Waals surface area contributed by atoms with Gasteiger partial charge in [0, 0.05) is 81.0 Å². The Morgan fingerprint density at radius 3 is 1.09 bits per heavy atom. The van der Waals surface area contributed by atoms with E-state index in [0.29, 0.717) is 123 Å². The van der Waals surface area contributed by atoms with E-state index in [1.165, 1.54) is 9.13 Å². The zero-order chi connectivity index (χ0) is 76.6. The molecule has 0 saturated heterocycles. The zero-order valence-corrected chi connectivity index (χ0v) is 62.2. The predicted octanol–water partition coefficient (Wildman–Crippen LogP) is 18.7. The zero-order valence-electron chi connectivity index (χ0n) is 62.2. The van der Waals surface area contributed by atoms with Crippen molar-refractivity contribution < 1.29 is 28.7 Å². The van der Waals surface area contributed by atoms with Gasteiger partial charge in [-0.2, -0.15) is 29.9 Å². The molecule has 16 rings (SSSR count). The predicted molar refractivity (Wildman–Crippen MR) is 428 cm³/mol. The quantitative estimate of drug-likeness (QED) is 0.0582. The molecular formula is C89H76N12O8. The van der Waals surface area contributed by atoms with Crippen molar-refractivity contribution in [2.45, 2.75) is 75.7 Å². The molecule has 4 heterocycles. The summed E-state index contributed by atoms with van der Waals surface area (Å²) in [6.45, 7) is 19.6. The first-order valence-electron chi connectivity index (χ1n) is 36.0. The molecule has 0 amide bonds. The summed E-state index contributed by atoms with van der Waals surface area (Å²) in [6.07, 6.45) is -0.0916. The summed E-state index contributed by atoms with van der Waals surface area (Å²) in [5.41, 5.74) is 12.3. The van der Waals surface area contributed by atoms with Gasteiger partial charge in [-0.3, -0.25) is 28.8 Å². The van der Waals surface area contributed by atoms with Crippen LogP contribution in [0.1, 0.15) is 136 Å². The maximum Gasteiger partial charge on any atom is 0.327 e. The number of anilines is 8. The topological polar surface area (TPSA) is 256 Å². The van der Waals surface area contributed by atoms with Crippen LogP contribution in [0.3, 0.4) is 0 Å². The lowest BCUT2D eigenvalue weighted by molar-refractivity contribution is 0.102. The number of fused-ring (bicyclic) bond motifs is 4. The second-order valence-electron chi connectivity index (χ2n) is 26.3. The molecule has 20 heteroatoms. The minimum absolute atomic E-state index is 0.0222. The van der Waals surface area contributed by atoms with Crippen molar-refractivity contribution in [3.8, 4) is 45.8 Å². The summed E-state index contributed by atoms with van der Waals surface area (Å²) >= 11 is 0. The summed E-state index contributed by atoms with van der Waals surface area (Å²) < 4.78 is 15.5. The number of ether oxygens (including phenoxy) is 2. The van der Waals surface area contributed by atoms with Crippen LogP contribution >= 0.6 is 0 Å². The fourth-order valence-corrected chi connectivity index (χ4v) is 14.1. The van der Waals surface area contributed by atoms with Crippen molar-refractivity contribution in [3.05, 3.63) is 317 Å². The van der Waals surface area contributed by atoms with Gasteiger partial charge in [0.25, 0.3) is 11.1 Å². The molecule has 2 aliphatic carbocycles. The van der Waals surface area contributed by atoms with Gasteiger partial charge in [0.2, 0.25) is 11.9 Å². The lowest BCUT2D eigenvalue weighted by Crippen LogP contribution is -2.29. The van der Waals surface area contributed by atoms with E-state index in [4.69, 9.17) is 39.4 Å². The van der Waals surface area contributed by atoms with Gasteiger partial charge in [0.15, 0.2) is 23.1 Å². The van der Waals surface area contributed by atoms with Crippen LogP contribution in [0.2, 0.25) is 0 Å². The number of nitrogens with zero attached hydrogens (tertiary/aromatic N) is 8. The largest absolute Gasteiger partial charge is 0.424 e. The number of rotatable bonds is 18. The van der Waals surface area contributed by atoms with Gasteiger partial charge >= 0.3 is 12.0 Å². The highest BCUT2D eigenvalue weighted by Gasteiger charge is 2.37. The molecule has 0 unspecified atom stereocenters. The lowest BCUT2D eigenvalue weighted by Gasteiger charge is -2.26. The van der Waals surface area contributed by atoms with Crippen LogP contribution in [-0.2, 0) is 20.5 Å². The fraction of sp³-hybridized carbons (Fsp3) is 0.146. The molecule has 0 bridgehead atoms. The summed E-state index contributed by atoms with van der Waals surface area (Å²) in [4.78, 5) is 117. The molecule has 4 N–H and O–H groups in total. The van der Waals surface area contributed by atoms with E-state index in [2.05, 4.69) is 21.3 Å². The molecule has 540 valence electrons. The third kappa shape index (κ3) is 13.6. The smallest absolute Gasteiger partial charge is 0.327 e. The number of carbonyl (C=O) groups excluding carboxylic acids is 4. The molecule has 0 spiro atoms. The first kappa shape index (κ1) is 72.1. The second kappa shape index (κ2) is 29.9. The molecule has 0 fully saturated rings. The van der Waals surface area contributed by atoms with Gasteiger partial charge in [-0.15, -0.1) is 0 Å². The van der Waals surface area contributed by atoms with Gasteiger partial charge in [-0.1, -0.05) is 172 Å². The molecule has 0 saturated carbocycles. The summed E-state index contributed by atoms with van der Waals surface area (Å²) in [5.74, 6) is 0.123. The van der Waals surface area contributed by atoms with Crippen molar-refractivity contribution in [3.63, 3.8) is 0 Å². The number of carbonyl (C=O) groups is 4. The van der Waals surface area contributed by atoms with Crippen LogP contribution < -0.4 is 41.9 Å². The van der Waals surface area contributed by atoms with E-state index < -0.39 is 22.7 Å². The Morgan fingerprint density at radius 1 is 0.358 bits per heavy atom. The SMILES string of the molecule is CC.CC.Cc1cccc(C(=O)c2c3c4c(c(Nc5cc(Nc6nc(Cc7nc(Nc8cc(Nc9ccc%10c%11c9C(=O)c9ccccc9-c%11c(C(=O)c9cccc(C)c9)c(=O)n%10C)c(C)cc8C)nc(Oc8ccccc8)n7)nc(Oc7ccccc7)n6)c(C)cc5C)ccc4n(C)c2=O)C(=O)c2ccccc2-3)c1. The Hall–Kier alpha value is -13.9. The van der Waals surface area contributed by atoms with E-state index in [9.17, 15) is 19.2 Å². The average Bonchev–Trinajstić information content (AvgIpc) is 0.712. The van der Waals surface area contributed by atoms with Crippen molar-refractivity contribution in [2.75, 3.05) is 21.3 Å². The van der Waals surface area contributed by atoms with Crippen LogP contribution in [0.15, 0.2) is 216 Å². The van der Waals surface area contributed by atoms with Crippen LogP contribution in [0.25, 0.3) is 44.1 Å². The third-order valence-electron chi connectivity index (χ3n) is 19.2. The number of pyridine rings is 2. The minimum atomic E-state index is -0.475. The van der Waals surface area contributed by atoms with Crippen molar-refractivity contribution in [1.82, 2.24) is 39.0 Å². The fourth-order valence-electron chi connectivity index (χ4n) is 14.1. The molecule has 14 aromatic rings. The van der Waals surface area contributed by atoms with Crippen molar-refractivity contribution in [1.29, 1.82) is 0 Å². The lowest BCUT2D eigenvalue weighted by atomic mass is 9.80.